The first-order chi connectivity index (χ1) is 7.26. The highest BCUT2D eigenvalue weighted by atomic mass is 16.6. The van der Waals surface area contributed by atoms with Crippen LogP contribution in [0.2, 0.25) is 0 Å². The molecule has 0 saturated carbocycles. The number of hydrogen-bond acceptors (Lipinski definition) is 3. The molecule has 0 aliphatic carbocycles. The molecule has 0 aromatic heterocycles. The lowest BCUT2D eigenvalue weighted by atomic mass is 10.2. The van der Waals surface area contributed by atoms with E-state index in [0.29, 0.717) is 19.5 Å². The molecular weight excluding hydrogens is 204 g/mol. The summed E-state index contributed by atoms with van der Waals surface area (Å²) in [6.45, 7) is 8.26. The number of nitrogens with zero attached hydrogens (tertiary/aromatic N) is 1. The Morgan fingerprint density at radius 3 is 2.50 bits per heavy atom. The molecule has 0 aromatic rings. The van der Waals surface area contributed by atoms with Crippen LogP contribution in [-0.4, -0.2) is 35.7 Å². The molecule has 4 heteroatoms. The van der Waals surface area contributed by atoms with Crippen LogP contribution in [0.15, 0.2) is 0 Å². The number of rotatable bonds is 4. The molecule has 1 atom stereocenters. The van der Waals surface area contributed by atoms with Gasteiger partial charge >= 0.3 is 6.09 Å². The lowest BCUT2D eigenvalue weighted by molar-refractivity contribution is 0.0246. The predicted octanol–water partition coefficient (Wildman–Crippen LogP) is 1.59. The fourth-order valence-corrected chi connectivity index (χ4v) is 1.13. The minimum Gasteiger partial charge on any atom is -0.444 e. The van der Waals surface area contributed by atoms with Gasteiger partial charge in [-0.05, 0) is 27.7 Å². The first-order valence-corrected chi connectivity index (χ1v) is 5.43. The van der Waals surface area contributed by atoms with Crippen LogP contribution in [0.5, 0.6) is 0 Å². The van der Waals surface area contributed by atoms with Crippen molar-refractivity contribution in [3.8, 4) is 12.3 Å². The van der Waals surface area contributed by atoms with Gasteiger partial charge in [0.05, 0.1) is 0 Å². The summed E-state index contributed by atoms with van der Waals surface area (Å²) in [6.07, 6.45) is 5.32. The van der Waals surface area contributed by atoms with Crippen molar-refractivity contribution in [2.75, 3.05) is 13.1 Å². The maximum atomic E-state index is 11.8. The maximum Gasteiger partial charge on any atom is 0.410 e. The quantitative estimate of drug-likeness (QED) is 0.741. The Bertz CT molecular complexity index is 261. The van der Waals surface area contributed by atoms with Crippen molar-refractivity contribution in [2.45, 2.75) is 45.8 Å². The van der Waals surface area contributed by atoms with E-state index in [2.05, 4.69) is 5.92 Å². The van der Waals surface area contributed by atoms with Crippen LogP contribution in [0.4, 0.5) is 4.79 Å². The first kappa shape index (κ1) is 14.8. The van der Waals surface area contributed by atoms with Crippen molar-refractivity contribution in [2.24, 2.45) is 5.73 Å². The van der Waals surface area contributed by atoms with E-state index in [0.717, 1.165) is 0 Å². The van der Waals surface area contributed by atoms with Crippen LogP contribution < -0.4 is 5.73 Å². The number of carbonyl (C=O) groups excluding carboxylic acids is 1. The molecule has 0 spiro atoms. The van der Waals surface area contributed by atoms with Gasteiger partial charge in [0, 0.05) is 25.6 Å². The van der Waals surface area contributed by atoms with Crippen molar-refractivity contribution in [1.82, 2.24) is 4.90 Å². The van der Waals surface area contributed by atoms with E-state index in [9.17, 15) is 4.79 Å². The summed E-state index contributed by atoms with van der Waals surface area (Å²) < 4.78 is 5.26. The maximum absolute atomic E-state index is 11.8. The van der Waals surface area contributed by atoms with E-state index in [-0.39, 0.29) is 12.1 Å². The Balaban J connectivity index is 4.38. The number of hydrogen-bond donors (Lipinski definition) is 1. The third-order valence-corrected chi connectivity index (χ3v) is 1.69. The van der Waals surface area contributed by atoms with E-state index in [1.807, 2.05) is 27.7 Å². The van der Waals surface area contributed by atoms with Crippen molar-refractivity contribution < 1.29 is 9.53 Å². The highest BCUT2D eigenvalue weighted by Crippen LogP contribution is 2.10. The molecule has 0 aromatic carbocycles. The summed E-state index contributed by atoms with van der Waals surface area (Å²) in [5.74, 6) is 2.50. The topological polar surface area (TPSA) is 55.6 Å². The Hall–Kier alpha value is -1.21. The molecule has 0 rings (SSSR count). The van der Waals surface area contributed by atoms with Gasteiger partial charge in [-0.15, -0.1) is 12.3 Å². The number of ether oxygens (including phenoxy) is 1. The fraction of sp³-hybridized carbons (Fsp3) is 0.750. The number of nitrogens with two attached hydrogens (primary N) is 1. The fourth-order valence-electron chi connectivity index (χ4n) is 1.13. The second-order valence-corrected chi connectivity index (χ2v) is 4.86. The summed E-state index contributed by atoms with van der Waals surface area (Å²) in [6, 6.07) is -0.0923. The van der Waals surface area contributed by atoms with Gasteiger partial charge in [-0.2, -0.15) is 0 Å². The zero-order chi connectivity index (χ0) is 12.8. The molecule has 0 aliphatic rings. The average molecular weight is 226 g/mol. The highest BCUT2D eigenvalue weighted by molar-refractivity contribution is 5.68. The van der Waals surface area contributed by atoms with Crippen molar-refractivity contribution in [3.63, 3.8) is 0 Å². The normalized spacial score (nSPS) is 12.8. The molecule has 92 valence electrons. The lowest BCUT2D eigenvalue weighted by Crippen LogP contribution is -2.43. The second kappa shape index (κ2) is 6.39. The van der Waals surface area contributed by atoms with Crippen LogP contribution in [0, 0.1) is 12.3 Å². The summed E-state index contributed by atoms with van der Waals surface area (Å²) in [5, 5.41) is 0. The van der Waals surface area contributed by atoms with Gasteiger partial charge in [-0.3, -0.25) is 0 Å². The summed E-state index contributed by atoms with van der Waals surface area (Å²) >= 11 is 0. The van der Waals surface area contributed by atoms with Crippen molar-refractivity contribution in [3.05, 3.63) is 0 Å². The molecule has 0 radical (unpaired) electrons. The zero-order valence-corrected chi connectivity index (χ0v) is 10.6. The standard InChI is InChI=1S/C12H22N2O2/c1-6-7-8-14(9-10(2)13)11(15)16-12(3,4)5/h1,10H,7-9,13H2,2-5H3/t10-/m1/s1. The van der Waals surface area contributed by atoms with E-state index < -0.39 is 5.60 Å². The van der Waals surface area contributed by atoms with Gasteiger partial charge in [-0.1, -0.05) is 0 Å². The molecule has 0 unspecified atom stereocenters. The average Bonchev–Trinajstić information content (AvgIpc) is 2.08. The summed E-state index contributed by atoms with van der Waals surface area (Å²) in [5.41, 5.74) is 5.17. The lowest BCUT2D eigenvalue weighted by Gasteiger charge is -2.28. The molecule has 2 N–H and O–H groups in total. The monoisotopic (exact) mass is 226 g/mol. The third-order valence-electron chi connectivity index (χ3n) is 1.69. The van der Waals surface area contributed by atoms with Gasteiger partial charge in [0.25, 0.3) is 0 Å². The molecule has 4 nitrogen and oxygen atoms in total. The predicted molar refractivity (Wildman–Crippen MR) is 64.9 cm³/mol. The molecule has 0 aliphatic heterocycles. The number of carbonyl (C=O) groups is 1. The summed E-state index contributed by atoms with van der Waals surface area (Å²) in [4.78, 5) is 13.3. The van der Waals surface area contributed by atoms with Gasteiger partial charge in [-0.25, -0.2) is 4.79 Å². The van der Waals surface area contributed by atoms with Crippen LogP contribution in [0.3, 0.4) is 0 Å². The van der Waals surface area contributed by atoms with Crippen molar-refractivity contribution in [1.29, 1.82) is 0 Å². The van der Waals surface area contributed by atoms with Gasteiger partial charge in [0.15, 0.2) is 0 Å². The highest BCUT2D eigenvalue weighted by Gasteiger charge is 2.22. The molecule has 16 heavy (non-hydrogen) atoms. The van der Waals surface area contributed by atoms with E-state index in [4.69, 9.17) is 16.9 Å². The third kappa shape index (κ3) is 7.13. The van der Waals surface area contributed by atoms with Gasteiger partial charge in [0.2, 0.25) is 0 Å². The Morgan fingerprint density at radius 2 is 2.12 bits per heavy atom. The molecule has 1 amide bonds. The molecular formula is C12H22N2O2. The Kier molecular flexibility index (Phi) is 5.91. The van der Waals surface area contributed by atoms with E-state index in [1.165, 1.54) is 0 Å². The van der Waals surface area contributed by atoms with E-state index >= 15 is 0 Å². The molecule has 0 fully saturated rings. The van der Waals surface area contributed by atoms with Crippen LogP contribution >= 0.6 is 0 Å². The smallest absolute Gasteiger partial charge is 0.410 e. The molecule has 0 saturated heterocycles. The van der Waals surface area contributed by atoms with Crippen LogP contribution in [0.1, 0.15) is 34.1 Å². The number of amides is 1. The summed E-state index contributed by atoms with van der Waals surface area (Å²) in [7, 11) is 0. The van der Waals surface area contributed by atoms with Crippen LogP contribution in [-0.2, 0) is 4.74 Å². The van der Waals surface area contributed by atoms with Crippen LogP contribution in [0.25, 0.3) is 0 Å². The first-order valence-electron chi connectivity index (χ1n) is 5.43. The largest absolute Gasteiger partial charge is 0.444 e. The zero-order valence-electron chi connectivity index (χ0n) is 10.6. The molecule has 0 bridgehead atoms. The van der Waals surface area contributed by atoms with E-state index in [1.54, 1.807) is 4.90 Å². The number of terminal acetylenes is 1. The minimum absolute atomic E-state index is 0.0923. The SMILES string of the molecule is C#CCCN(C[C@@H](C)N)C(=O)OC(C)(C)C. The Morgan fingerprint density at radius 1 is 1.56 bits per heavy atom. The van der Waals surface area contributed by atoms with Crippen molar-refractivity contribution >= 4 is 6.09 Å². The second-order valence-electron chi connectivity index (χ2n) is 4.86. The minimum atomic E-state index is -0.497. The molecule has 0 heterocycles. The van der Waals surface area contributed by atoms with Gasteiger partial charge < -0.3 is 15.4 Å². The van der Waals surface area contributed by atoms with Gasteiger partial charge in [0.1, 0.15) is 5.60 Å². The Labute approximate surface area is 98.1 Å².